The number of hydrogen-bond donors (Lipinski definition) is 1. The van der Waals surface area contributed by atoms with Crippen molar-refractivity contribution in [2.45, 2.75) is 11.5 Å². The molecule has 1 N–H and O–H groups in total. The quantitative estimate of drug-likeness (QED) is 0.917. The molecule has 2 aromatic rings. The number of carboxylic acid groups (broad SMARTS) is 1. The summed E-state index contributed by atoms with van der Waals surface area (Å²) in [5.74, 6) is -1.24. The Kier molecular flexibility index (Phi) is 4.65. The summed E-state index contributed by atoms with van der Waals surface area (Å²) in [5.41, 5.74) is 1.37. The van der Waals surface area contributed by atoms with Gasteiger partial charge in [-0.1, -0.05) is 35.9 Å². The second kappa shape index (κ2) is 6.28. The Morgan fingerprint density at radius 2 is 1.33 bits per heavy atom. The highest BCUT2D eigenvalue weighted by atomic mass is 35.5. The lowest BCUT2D eigenvalue weighted by molar-refractivity contribution is 0.0697. The molecule has 0 spiro atoms. The molecule has 2 rings (SSSR count). The number of aromatic carboxylic acids is 1. The van der Waals surface area contributed by atoms with E-state index < -0.39 is 15.8 Å². The number of sulfone groups is 1. The third kappa shape index (κ3) is 4.58. The average molecular weight is 325 g/mol. The summed E-state index contributed by atoms with van der Waals surface area (Å²) in [6, 6.07) is 12.5. The molecular weight excluding hydrogens is 312 g/mol. The third-order valence-electron chi connectivity index (χ3n) is 2.89. The highest BCUT2D eigenvalue weighted by Crippen LogP contribution is 2.15. The summed E-state index contributed by atoms with van der Waals surface area (Å²) in [6.45, 7) is 0. The molecular formula is C15H13ClO4S. The average Bonchev–Trinajstić information content (AvgIpc) is 2.41. The first-order valence-corrected chi connectivity index (χ1v) is 8.33. The molecule has 2 aromatic carbocycles. The van der Waals surface area contributed by atoms with Gasteiger partial charge in [-0.2, -0.15) is 0 Å². The summed E-state index contributed by atoms with van der Waals surface area (Å²) in [5, 5.41) is 9.35. The number of carboxylic acids is 1. The van der Waals surface area contributed by atoms with Crippen molar-refractivity contribution < 1.29 is 18.3 Å². The third-order valence-corrected chi connectivity index (χ3v) is 4.69. The summed E-state index contributed by atoms with van der Waals surface area (Å²) in [7, 11) is -3.32. The molecule has 6 heteroatoms. The first kappa shape index (κ1) is 15.5. The highest BCUT2D eigenvalue weighted by Gasteiger charge is 2.13. The minimum Gasteiger partial charge on any atom is -0.478 e. The molecule has 0 saturated heterocycles. The van der Waals surface area contributed by atoms with E-state index in [0.717, 1.165) is 0 Å². The van der Waals surface area contributed by atoms with E-state index in [1.807, 2.05) is 0 Å². The van der Waals surface area contributed by atoms with Crippen molar-refractivity contribution in [1.29, 1.82) is 0 Å². The molecule has 21 heavy (non-hydrogen) atoms. The SMILES string of the molecule is O=C(O)c1ccc(CS(=O)(=O)Cc2ccc(Cl)cc2)cc1. The molecule has 0 atom stereocenters. The number of halogens is 1. The molecule has 0 unspecified atom stereocenters. The van der Waals surface area contributed by atoms with Crippen molar-refractivity contribution in [2.75, 3.05) is 0 Å². The van der Waals surface area contributed by atoms with Crippen LogP contribution in [0.5, 0.6) is 0 Å². The minimum absolute atomic E-state index is 0.0785. The molecule has 0 aliphatic rings. The van der Waals surface area contributed by atoms with E-state index in [0.29, 0.717) is 16.1 Å². The fraction of sp³-hybridized carbons (Fsp3) is 0.133. The van der Waals surface area contributed by atoms with Crippen LogP contribution in [0.3, 0.4) is 0 Å². The van der Waals surface area contributed by atoms with Crippen LogP contribution in [0.4, 0.5) is 0 Å². The van der Waals surface area contributed by atoms with Gasteiger partial charge in [-0.3, -0.25) is 0 Å². The summed E-state index contributed by atoms with van der Waals surface area (Å²) in [6.07, 6.45) is 0. The second-order valence-electron chi connectivity index (χ2n) is 4.66. The predicted molar refractivity (Wildman–Crippen MR) is 81.2 cm³/mol. The first-order chi connectivity index (χ1) is 9.85. The minimum atomic E-state index is -3.32. The largest absolute Gasteiger partial charge is 0.478 e. The number of carbonyl (C=O) groups is 1. The topological polar surface area (TPSA) is 71.4 Å². The fourth-order valence-corrected chi connectivity index (χ4v) is 3.51. The van der Waals surface area contributed by atoms with Gasteiger partial charge in [-0.15, -0.1) is 0 Å². The maximum atomic E-state index is 12.1. The second-order valence-corrected chi connectivity index (χ2v) is 7.16. The molecule has 4 nitrogen and oxygen atoms in total. The molecule has 0 bridgehead atoms. The van der Waals surface area contributed by atoms with Crippen molar-refractivity contribution in [3.63, 3.8) is 0 Å². The van der Waals surface area contributed by atoms with Crippen LogP contribution < -0.4 is 0 Å². The Morgan fingerprint density at radius 1 is 0.905 bits per heavy atom. The van der Waals surface area contributed by atoms with Crippen LogP contribution >= 0.6 is 11.6 Å². The van der Waals surface area contributed by atoms with Crippen LogP contribution in [-0.4, -0.2) is 19.5 Å². The van der Waals surface area contributed by atoms with E-state index >= 15 is 0 Å². The first-order valence-electron chi connectivity index (χ1n) is 6.13. The summed E-state index contributed by atoms with van der Waals surface area (Å²) < 4.78 is 24.2. The van der Waals surface area contributed by atoms with Crippen LogP contribution in [-0.2, 0) is 21.3 Å². The van der Waals surface area contributed by atoms with Crippen LogP contribution in [0, 0.1) is 0 Å². The van der Waals surface area contributed by atoms with Crippen LogP contribution in [0.2, 0.25) is 5.02 Å². The smallest absolute Gasteiger partial charge is 0.335 e. The van der Waals surface area contributed by atoms with Crippen LogP contribution in [0.25, 0.3) is 0 Å². The van der Waals surface area contributed by atoms with Gasteiger partial charge in [-0.05, 0) is 35.4 Å². The van der Waals surface area contributed by atoms with Gasteiger partial charge >= 0.3 is 5.97 Å². The van der Waals surface area contributed by atoms with E-state index in [4.69, 9.17) is 16.7 Å². The van der Waals surface area contributed by atoms with E-state index in [1.165, 1.54) is 24.3 Å². The standard InChI is InChI=1S/C15H13ClO4S/c16-14-7-3-12(4-8-14)10-21(19,20)9-11-1-5-13(6-2-11)15(17)18/h1-8H,9-10H2,(H,17,18). The number of benzene rings is 2. The molecule has 0 fully saturated rings. The summed E-state index contributed by atoms with van der Waals surface area (Å²) in [4.78, 5) is 10.7. The maximum Gasteiger partial charge on any atom is 0.335 e. The van der Waals surface area contributed by atoms with Crippen molar-refractivity contribution in [1.82, 2.24) is 0 Å². The van der Waals surface area contributed by atoms with Gasteiger partial charge in [0, 0.05) is 5.02 Å². The number of hydrogen-bond acceptors (Lipinski definition) is 3. The van der Waals surface area contributed by atoms with Gasteiger partial charge in [0.1, 0.15) is 0 Å². The Balaban J connectivity index is 2.10. The monoisotopic (exact) mass is 324 g/mol. The van der Waals surface area contributed by atoms with E-state index in [9.17, 15) is 13.2 Å². The summed E-state index contributed by atoms with van der Waals surface area (Å²) >= 11 is 5.76. The molecule has 110 valence electrons. The van der Waals surface area contributed by atoms with Crippen molar-refractivity contribution in [3.8, 4) is 0 Å². The molecule has 0 aromatic heterocycles. The van der Waals surface area contributed by atoms with E-state index in [2.05, 4.69) is 0 Å². The van der Waals surface area contributed by atoms with Gasteiger partial charge in [-0.25, -0.2) is 13.2 Å². The molecule has 0 aliphatic heterocycles. The lowest BCUT2D eigenvalue weighted by Gasteiger charge is -2.05. The molecule has 0 heterocycles. The van der Waals surface area contributed by atoms with Gasteiger partial charge in [0.05, 0.1) is 17.1 Å². The zero-order valence-electron chi connectivity index (χ0n) is 11.0. The molecule has 0 saturated carbocycles. The molecule has 0 amide bonds. The normalized spacial score (nSPS) is 11.3. The van der Waals surface area contributed by atoms with Crippen LogP contribution in [0.1, 0.15) is 21.5 Å². The van der Waals surface area contributed by atoms with Gasteiger partial charge in [0.15, 0.2) is 9.84 Å². The Labute approximate surface area is 127 Å². The lowest BCUT2D eigenvalue weighted by atomic mass is 10.1. The van der Waals surface area contributed by atoms with E-state index in [1.54, 1.807) is 24.3 Å². The zero-order valence-corrected chi connectivity index (χ0v) is 12.6. The predicted octanol–water partition coefficient (Wildman–Crippen LogP) is 3.15. The van der Waals surface area contributed by atoms with Gasteiger partial charge < -0.3 is 5.11 Å². The van der Waals surface area contributed by atoms with Crippen molar-refractivity contribution >= 4 is 27.4 Å². The van der Waals surface area contributed by atoms with Gasteiger partial charge in [0.25, 0.3) is 0 Å². The Bertz CT molecular complexity index is 734. The van der Waals surface area contributed by atoms with Crippen molar-refractivity contribution in [3.05, 3.63) is 70.2 Å². The molecule has 0 aliphatic carbocycles. The van der Waals surface area contributed by atoms with Crippen LogP contribution in [0.15, 0.2) is 48.5 Å². The van der Waals surface area contributed by atoms with Crippen molar-refractivity contribution in [2.24, 2.45) is 0 Å². The van der Waals surface area contributed by atoms with Gasteiger partial charge in [0.2, 0.25) is 0 Å². The Hall–Kier alpha value is -1.85. The molecule has 0 radical (unpaired) electrons. The highest BCUT2D eigenvalue weighted by molar-refractivity contribution is 7.89. The lowest BCUT2D eigenvalue weighted by Crippen LogP contribution is -2.08. The zero-order chi connectivity index (χ0) is 15.5. The fourth-order valence-electron chi connectivity index (χ4n) is 1.88. The maximum absolute atomic E-state index is 12.1. The number of rotatable bonds is 5. The Morgan fingerprint density at radius 3 is 1.76 bits per heavy atom. The van der Waals surface area contributed by atoms with E-state index in [-0.39, 0.29) is 17.1 Å².